The van der Waals surface area contributed by atoms with Crippen molar-refractivity contribution in [1.29, 1.82) is 0 Å². The Hall–Kier alpha value is -2.29. The average Bonchev–Trinajstić information content (AvgIpc) is 2.49. The van der Waals surface area contributed by atoms with Gasteiger partial charge in [-0.05, 0) is 49.6 Å². The minimum absolute atomic E-state index is 0.291. The molecule has 0 spiro atoms. The molecule has 21 heavy (non-hydrogen) atoms. The highest BCUT2D eigenvalue weighted by atomic mass is 16.5. The first-order valence-corrected chi connectivity index (χ1v) is 7.18. The molecule has 0 saturated heterocycles. The molecule has 0 amide bonds. The second-order valence-electron chi connectivity index (χ2n) is 5.04. The van der Waals surface area contributed by atoms with E-state index in [4.69, 9.17) is 4.74 Å². The standard InChI is InChI=1S/C18H21NO2/c1-4-21-18(20)16-7-5-6-8-17(16)19-12-15-10-9-13(2)14(3)11-15/h5-11,19H,4,12H2,1-3H3. The lowest BCUT2D eigenvalue weighted by atomic mass is 10.1. The first-order valence-electron chi connectivity index (χ1n) is 7.18. The molecule has 1 N–H and O–H groups in total. The lowest BCUT2D eigenvalue weighted by molar-refractivity contribution is 0.0527. The molecule has 0 radical (unpaired) electrons. The van der Waals surface area contributed by atoms with E-state index in [1.165, 1.54) is 16.7 Å². The fourth-order valence-corrected chi connectivity index (χ4v) is 2.13. The van der Waals surface area contributed by atoms with Gasteiger partial charge in [-0.3, -0.25) is 0 Å². The molecule has 0 atom stereocenters. The monoisotopic (exact) mass is 283 g/mol. The highest BCUT2D eigenvalue weighted by Gasteiger charge is 2.11. The van der Waals surface area contributed by atoms with Crippen LogP contribution in [0.3, 0.4) is 0 Å². The van der Waals surface area contributed by atoms with Crippen LogP contribution in [0.4, 0.5) is 5.69 Å². The molecule has 2 aromatic carbocycles. The normalized spacial score (nSPS) is 10.2. The molecule has 0 aliphatic rings. The number of carbonyl (C=O) groups excluding carboxylic acids is 1. The molecule has 110 valence electrons. The molecular weight excluding hydrogens is 262 g/mol. The summed E-state index contributed by atoms with van der Waals surface area (Å²) < 4.78 is 5.08. The predicted molar refractivity (Wildman–Crippen MR) is 85.6 cm³/mol. The molecule has 0 heterocycles. The predicted octanol–water partition coefficient (Wildman–Crippen LogP) is 4.09. The minimum Gasteiger partial charge on any atom is -0.462 e. The lowest BCUT2D eigenvalue weighted by Gasteiger charge is -2.12. The van der Waals surface area contributed by atoms with Crippen LogP contribution in [0.25, 0.3) is 0 Å². The molecule has 0 saturated carbocycles. The molecule has 3 heteroatoms. The van der Waals surface area contributed by atoms with Crippen LogP contribution in [0.1, 0.15) is 34.0 Å². The highest BCUT2D eigenvalue weighted by Crippen LogP contribution is 2.18. The minimum atomic E-state index is -0.291. The molecule has 2 rings (SSSR count). The molecule has 0 aromatic heterocycles. The van der Waals surface area contributed by atoms with E-state index in [-0.39, 0.29) is 5.97 Å². The largest absolute Gasteiger partial charge is 0.462 e. The topological polar surface area (TPSA) is 38.3 Å². The number of hydrogen-bond acceptors (Lipinski definition) is 3. The van der Waals surface area contributed by atoms with Gasteiger partial charge in [-0.15, -0.1) is 0 Å². The average molecular weight is 283 g/mol. The van der Waals surface area contributed by atoms with Crippen molar-refractivity contribution in [2.75, 3.05) is 11.9 Å². The Morgan fingerprint density at radius 3 is 2.57 bits per heavy atom. The Balaban J connectivity index is 2.12. The highest BCUT2D eigenvalue weighted by molar-refractivity contribution is 5.95. The second kappa shape index (κ2) is 6.93. The van der Waals surface area contributed by atoms with E-state index in [1.807, 2.05) is 25.1 Å². The van der Waals surface area contributed by atoms with Gasteiger partial charge in [0.2, 0.25) is 0 Å². The van der Waals surface area contributed by atoms with Crippen LogP contribution >= 0.6 is 0 Å². The zero-order valence-electron chi connectivity index (χ0n) is 12.8. The van der Waals surface area contributed by atoms with Crippen molar-refractivity contribution >= 4 is 11.7 Å². The van der Waals surface area contributed by atoms with E-state index in [0.29, 0.717) is 18.7 Å². The fraction of sp³-hybridized carbons (Fsp3) is 0.278. The maximum absolute atomic E-state index is 11.9. The summed E-state index contributed by atoms with van der Waals surface area (Å²) in [5.74, 6) is -0.291. The van der Waals surface area contributed by atoms with Crippen molar-refractivity contribution in [3.8, 4) is 0 Å². The van der Waals surface area contributed by atoms with Crippen LogP contribution in [0, 0.1) is 13.8 Å². The number of para-hydroxylation sites is 1. The number of anilines is 1. The van der Waals surface area contributed by atoms with Gasteiger partial charge in [0, 0.05) is 12.2 Å². The quantitative estimate of drug-likeness (QED) is 0.840. The second-order valence-corrected chi connectivity index (χ2v) is 5.04. The first kappa shape index (κ1) is 15.1. The third-order valence-corrected chi connectivity index (χ3v) is 3.48. The number of rotatable bonds is 5. The van der Waals surface area contributed by atoms with Gasteiger partial charge in [-0.1, -0.05) is 30.3 Å². The van der Waals surface area contributed by atoms with Crippen molar-refractivity contribution in [1.82, 2.24) is 0 Å². The third-order valence-electron chi connectivity index (χ3n) is 3.48. The summed E-state index contributed by atoms with van der Waals surface area (Å²) in [4.78, 5) is 11.9. The van der Waals surface area contributed by atoms with E-state index in [9.17, 15) is 4.79 Å². The maximum Gasteiger partial charge on any atom is 0.340 e. The maximum atomic E-state index is 11.9. The Kier molecular flexibility index (Phi) is 4.99. The van der Waals surface area contributed by atoms with E-state index >= 15 is 0 Å². The van der Waals surface area contributed by atoms with Crippen molar-refractivity contribution in [2.24, 2.45) is 0 Å². The molecule has 0 unspecified atom stereocenters. The van der Waals surface area contributed by atoms with Gasteiger partial charge in [0.25, 0.3) is 0 Å². The summed E-state index contributed by atoms with van der Waals surface area (Å²) in [5.41, 5.74) is 5.12. The number of hydrogen-bond donors (Lipinski definition) is 1. The smallest absolute Gasteiger partial charge is 0.340 e. The van der Waals surface area contributed by atoms with Gasteiger partial charge in [0.05, 0.1) is 12.2 Å². The Morgan fingerprint density at radius 2 is 1.86 bits per heavy atom. The number of esters is 1. The van der Waals surface area contributed by atoms with Crippen LogP contribution in [0.5, 0.6) is 0 Å². The van der Waals surface area contributed by atoms with E-state index in [2.05, 4.69) is 37.4 Å². The molecule has 0 aliphatic heterocycles. The lowest BCUT2D eigenvalue weighted by Crippen LogP contribution is -2.09. The summed E-state index contributed by atoms with van der Waals surface area (Å²) in [6, 6.07) is 13.8. The van der Waals surface area contributed by atoms with Crippen LogP contribution < -0.4 is 5.32 Å². The molecule has 0 bridgehead atoms. The van der Waals surface area contributed by atoms with E-state index in [1.54, 1.807) is 6.07 Å². The fourth-order valence-electron chi connectivity index (χ4n) is 2.13. The Morgan fingerprint density at radius 1 is 1.10 bits per heavy atom. The van der Waals surface area contributed by atoms with Crippen LogP contribution in [0.2, 0.25) is 0 Å². The SMILES string of the molecule is CCOC(=O)c1ccccc1NCc1ccc(C)c(C)c1. The Labute approximate surface area is 126 Å². The summed E-state index contributed by atoms with van der Waals surface area (Å²) in [6.45, 7) is 7.07. The molecule has 3 nitrogen and oxygen atoms in total. The summed E-state index contributed by atoms with van der Waals surface area (Å²) in [6.07, 6.45) is 0. The summed E-state index contributed by atoms with van der Waals surface area (Å²) in [7, 11) is 0. The molecule has 0 aliphatic carbocycles. The molecular formula is C18H21NO2. The van der Waals surface area contributed by atoms with Crippen molar-refractivity contribution in [3.63, 3.8) is 0 Å². The molecule has 2 aromatic rings. The van der Waals surface area contributed by atoms with Gasteiger partial charge in [0.15, 0.2) is 0 Å². The van der Waals surface area contributed by atoms with Crippen LogP contribution in [0.15, 0.2) is 42.5 Å². The van der Waals surface area contributed by atoms with Crippen LogP contribution in [-0.2, 0) is 11.3 Å². The van der Waals surface area contributed by atoms with Gasteiger partial charge in [0.1, 0.15) is 0 Å². The van der Waals surface area contributed by atoms with E-state index in [0.717, 1.165) is 5.69 Å². The number of ether oxygens (including phenoxy) is 1. The number of nitrogens with one attached hydrogen (secondary N) is 1. The number of aryl methyl sites for hydroxylation is 2. The van der Waals surface area contributed by atoms with Crippen LogP contribution in [-0.4, -0.2) is 12.6 Å². The van der Waals surface area contributed by atoms with E-state index < -0.39 is 0 Å². The van der Waals surface area contributed by atoms with Crippen molar-refractivity contribution in [3.05, 3.63) is 64.7 Å². The van der Waals surface area contributed by atoms with Gasteiger partial charge < -0.3 is 10.1 Å². The zero-order chi connectivity index (χ0) is 15.2. The zero-order valence-corrected chi connectivity index (χ0v) is 12.8. The number of benzene rings is 2. The summed E-state index contributed by atoms with van der Waals surface area (Å²) >= 11 is 0. The third kappa shape index (κ3) is 3.85. The van der Waals surface area contributed by atoms with Gasteiger partial charge in [-0.2, -0.15) is 0 Å². The summed E-state index contributed by atoms with van der Waals surface area (Å²) in [5, 5.41) is 3.31. The Bertz CT molecular complexity index is 635. The van der Waals surface area contributed by atoms with Crippen molar-refractivity contribution < 1.29 is 9.53 Å². The number of carbonyl (C=O) groups is 1. The molecule has 0 fully saturated rings. The van der Waals surface area contributed by atoms with Crippen molar-refractivity contribution in [2.45, 2.75) is 27.3 Å². The first-order chi connectivity index (χ1) is 10.1. The van der Waals surface area contributed by atoms with Gasteiger partial charge in [-0.25, -0.2) is 4.79 Å². The van der Waals surface area contributed by atoms with Gasteiger partial charge >= 0.3 is 5.97 Å².